The Morgan fingerprint density at radius 3 is 2.67 bits per heavy atom. The average molecular weight is 184 g/mol. The quantitative estimate of drug-likeness (QED) is 0.719. The Morgan fingerprint density at radius 2 is 2.08 bits per heavy atom. The van der Waals surface area contributed by atoms with Crippen molar-refractivity contribution in [1.82, 2.24) is 5.32 Å². The highest BCUT2D eigenvalue weighted by Gasteiger charge is 2.16. The van der Waals surface area contributed by atoms with E-state index in [1.165, 1.54) is 5.56 Å². The maximum atomic E-state index is 5.76. The first-order valence-corrected chi connectivity index (χ1v) is 4.32. The maximum Gasteiger partial charge on any atom is 0.0975 e. The van der Waals surface area contributed by atoms with Crippen molar-refractivity contribution in [3.05, 3.63) is 34.9 Å². The first-order valence-electron chi connectivity index (χ1n) is 3.94. The summed E-state index contributed by atoms with van der Waals surface area (Å²) in [5.74, 6) is 0. The molecule has 64 valence electrons. The van der Waals surface area contributed by atoms with Gasteiger partial charge in [-0.2, -0.15) is 0 Å². The van der Waals surface area contributed by atoms with Crippen LogP contribution in [0.25, 0.3) is 0 Å². The molecule has 1 atom stereocenters. The van der Waals surface area contributed by atoms with Gasteiger partial charge in [-0.1, -0.05) is 23.7 Å². The minimum absolute atomic E-state index is 0.197. The molecule has 3 heteroatoms. The Bertz CT molecular complexity index is 254. The second-order valence-corrected chi connectivity index (χ2v) is 3.24. The molecule has 1 N–H and O–H groups in total. The van der Waals surface area contributed by atoms with E-state index in [2.05, 4.69) is 5.32 Å². The Balaban J connectivity index is 2.17. The SMILES string of the molecule is Clc1ccc(C2CNCO2)cc1. The first kappa shape index (κ1) is 8.05. The molecule has 1 aliphatic heterocycles. The molecule has 0 aliphatic carbocycles. The van der Waals surface area contributed by atoms with Crippen molar-refractivity contribution in [3.8, 4) is 0 Å². The van der Waals surface area contributed by atoms with Crippen LogP contribution in [0, 0.1) is 0 Å². The number of benzene rings is 1. The van der Waals surface area contributed by atoms with Crippen LogP contribution in [0.3, 0.4) is 0 Å². The third-order valence-electron chi connectivity index (χ3n) is 1.96. The lowest BCUT2D eigenvalue weighted by Crippen LogP contribution is -2.07. The molecule has 0 saturated carbocycles. The van der Waals surface area contributed by atoms with Crippen LogP contribution in [0.1, 0.15) is 11.7 Å². The van der Waals surface area contributed by atoms with Gasteiger partial charge in [0.15, 0.2) is 0 Å². The molecule has 1 unspecified atom stereocenters. The Hall–Kier alpha value is -0.570. The molecule has 0 aromatic heterocycles. The molecule has 0 radical (unpaired) electrons. The Labute approximate surface area is 76.5 Å². The fourth-order valence-corrected chi connectivity index (χ4v) is 1.43. The average Bonchev–Trinajstić information content (AvgIpc) is 2.58. The monoisotopic (exact) mass is 183 g/mol. The summed E-state index contributed by atoms with van der Waals surface area (Å²) in [5, 5.41) is 3.90. The van der Waals surface area contributed by atoms with E-state index in [1.807, 2.05) is 24.3 Å². The van der Waals surface area contributed by atoms with Crippen LogP contribution in [0.4, 0.5) is 0 Å². The minimum Gasteiger partial charge on any atom is -0.357 e. The van der Waals surface area contributed by atoms with E-state index in [0.717, 1.165) is 11.6 Å². The van der Waals surface area contributed by atoms with Gasteiger partial charge in [0.2, 0.25) is 0 Å². The van der Waals surface area contributed by atoms with Crippen molar-refractivity contribution < 1.29 is 4.74 Å². The van der Waals surface area contributed by atoms with Crippen LogP contribution in [0.2, 0.25) is 5.02 Å². The molecule has 0 spiro atoms. The molecule has 1 aromatic rings. The lowest BCUT2D eigenvalue weighted by atomic mass is 10.1. The standard InChI is InChI=1S/C9H10ClNO/c10-8-3-1-7(2-4-8)9-5-11-6-12-9/h1-4,9,11H,5-6H2. The molecule has 0 amide bonds. The fourth-order valence-electron chi connectivity index (χ4n) is 1.30. The van der Waals surface area contributed by atoms with Crippen molar-refractivity contribution in [2.24, 2.45) is 0 Å². The first-order chi connectivity index (χ1) is 5.86. The third kappa shape index (κ3) is 1.61. The molecule has 1 aliphatic rings. The van der Waals surface area contributed by atoms with E-state index in [9.17, 15) is 0 Å². The summed E-state index contributed by atoms with van der Waals surface area (Å²) in [6, 6.07) is 7.77. The van der Waals surface area contributed by atoms with Crippen LogP contribution in [0.5, 0.6) is 0 Å². The van der Waals surface area contributed by atoms with Crippen LogP contribution < -0.4 is 5.32 Å². The summed E-state index contributed by atoms with van der Waals surface area (Å²) in [6.07, 6.45) is 0.197. The van der Waals surface area contributed by atoms with Gasteiger partial charge < -0.3 is 4.74 Å². The van der Waals surface area contributed by atoms with Crippen LogP contribution in [0.15, 0.2) is 24.3 Å². The van der Waals surface area contributed by atoms with E-state index >= 15 is 0 Å². The second kappa shape index (κ2) is 3.44. The van der Waals surface area contributed by atoms with E-state index < -0.39 is 0 Å². The molecule has 2 nitrogen and oxygen atoms in total. The predicted molar refractivity (Wildman–Crippen MR) is 48.1 cm³/mol. The molecule has 1 saturated heterocycles. The molecule has 0 bridgehead atoms. The molecule has 1 heterocycles. The fraction of sp³-hybridized carbons (Fsp3) is 0.333. The lowest BCUT2D eigenvalue weighted by molar-refractivity contribution is 0.114. The topological polar surface area (TPSA) is 21.3 Å². The number of hydrogen-bond acceptors (Lipinski definition) is 2. The zero-order valence-corrected chi connectivity index (χ0v) is 7.34. The minimum atomic E-state index is 0.197. The highest BCUT2D eigenvalue weighted by Crippen LogP contribution is 2.21. The highest BCUT2D eigenvalue weighted by atomic mass is 35.5. The van der Waals surface area contributed by atoms with Crippen molar-refractivity contribution >= 4 is 11.6 Å². The molecule has 12 heavy (non-hydrogen) atoms. The lowest BCUT2D eigenvalue weighted by Gasteiger charge is -2.07. The van der Waals surface area contributed by atoms with Gasteiger partial charge in [-0.25, -0.2) is 0 Å². The van der Waals surface area contributed by atoms with Crippen molar-refractivity contribution in [2.75, 3.05) is 13.3 Å². The molecule has 2 rings (SSSR count). The second-order valence-electron chi connectivity index (χ2n) is 2.81. The third-order valence-corrected chi connectivity index (χ3v) is 2.21. The summed E-state index contributed by atoms with van der Waals surface area (Å²) in [6.45, 7) is 1.54. The molecular weight excluding hydrogens is 174 g/mol. The van der Waals surface area contributed by atoms with Gasteiger partial charge in [0.1, 0.15) is 0 Å². The summed E-state index contributed by atoms with van der Waals surface area (Å²) < 4.78 is 5.42. The number of nitrogens with one attached hydrogen (secondary N) is 1. The summed E-state index contributed by atoms with van der Waals surface area (Å²) >= 11 is 5.76. The zero-order valence-electron chi connectivity index (χ0n) is 6.59. The highest BCUT2D eigenvalue weighted by molar-refractivity contribution is 6.30. The van der Waals surface area contributed by atoms with Gasteiger partial charge in [0.25, 0.3) is 0 Å². The zero-order chi connectivity index (χ0) is 8.39. The van der Waals surface area contributed by atoms with E-state index in [-0.39, 0.29) is 6.10 Å². The van der Waals surface area contributed by atoms with Crippen LogP contribution in [-0.4, -0.2) is 13.3 Å². The molecule has 1 aromatic carbocycles. The van der Waals surface area contributed by atoms with E-state index in [0.29, 0.717) is 6.73 Å². The van der Waals surface area contributed by atoms with Crippen molar-refractivity contribution in [1.29, 1.82) is 0 Å². The van der Waals surface area contributed by atoms with Crippen molar-refractivity contribution in [2.45, 2.75) is 6.10 Å². The summed E-state index contributed by atoms with van der Waals surface area (Å²) in [4.78, 5) is 0. The number of hydrogen-bond donors (Lipinski definition) is 1. The smallest absolute Gasteiger partial charge is 0.0975 e. The largest absolute Gasteiger partial charge is 0.357 e. The Kier molecular flexibility index (Phi) is 2.30. The predicted octanol–water partition coefficient (Wildman–Crippen LogP) is 1.96. The van der Waals surface area contributed by atoms with Crippen LogP contribution in [-0.2, 0) is 4.74 Å². The van der Waals surface area contributed by atoms with E-state index in [1.54, 1.807) is 0 Å². The van der Waals surface area contributed by atoms with Gasteiger partial charge in [-0.05, 0) is 17.7 Å². The number of rotatable bonds is 1. The summed E-state index contributed by atoms with van der Waals surface area (Å²) in [5.41, 5.74) is 1.18. The van der Waals surface area contributed by atoms with Crippen molar-refractivity contribution in [3.63, 3.8) is 0 Å². The molecular formula is C9H10ClNO. The van der Waals surface area contributed by atoms with E-state index in [4.69, 9.17) is 16.3 Å². The summed E-state index contributed by atoms with van der Waals surface area (Å²) in [7, 11) is 0. The van der Waals surface area contributed by atoms with Gasteiger partial charge in [0, 0.05) is 11.6 Å². The molecule has 1 fully saturated rings. The normalized spacial score (nSPS) is 22.9. The number of halogens is 1. The van der Waals surface area contributed by atoms with Gasteiger partial charge in [0.05, 0.1) is 12.8 Å². The van der Waals surface area contributed by atoms with Gasteiger partial charge in [-0.3, -0.25) is 5.32 Å². The van der Waals surface area contributed by atoms with Crippen LogP contribution >= 0.6 is 11.6 Å². The number of ether oxygens (including phenoxy) is 1. The van der Waals surface area contributed by atoms with Gasteiger partial charge >= 0.3 is 0 Å². The maximum absolute atomic E-state index is 5.76. The van der Waals surface area contributed by atoms with Gasteiger partial charge in [-0.15, -0.1) is 0 Å². The Morgan fingerprint density at radius 1 is 1.33 bits per heavy atom.